The molecule has 88 valence electrons. The molecule has 0 N–H and O–H groups in total. The minimum atomic E-state index is -0.565. The molecule has 2 aliphatic rings. The molecule has 1 heterocycles. The molecule has 2 rings (SSSR count). The molecule has 0 radical (unpaired) electrons. The highest BCUT2D eigenvalue weighted by atomic mass is 32.2. The molecule has 0 unspecified atom stereocenters. The van der Waals surface area contributed by atoms with E-state index in [0.29, 0.717) is 16.9 Å². The van der Waals surface area contributed by atoms with Crippen molar-refractivity contribution in [2.75, 3.05) is 5.75 Å². The highest BCUT2D eigenvalue weighted by Gasteiger charge is 2.75. The van der Waals surface area contributed by atoms with Crippen LogP contribution in [0.25, 0.3) is 0 Å². The number of rotatable bonds is 0. The molecule has 1 spiro atoms. The van der Waals surface area contributed by atoms with Gasteiger partial charge in [0.1, 0.15) is 5.78 Å². The minimum Gasteiger partial charge on any atom is -0.298 e. The highest BCUT2D eigenvalue weighted by Crippen LogP contribution is 2.71. The van der Waals surface area contributed by atoms with Gasteiger partial charge < -0.3 is 0 Å². The number of hydrogen-bond donors (Lipinski definition) is 0. The molecule has 0 aromatic rings. The number of nitrogens with zero attached hydrogens (tertiary/aromatic N) is 2. The standard InChI is InChI=1S/C13H14N2OS/c1-11(2)10(16)12(3,4)13(11)9(6-15)8(5-14)7-17-13/h7H2,1-4H3. The third-order valence-electron chi connectivity index (χ3n) is 4.23. The van der Waals surface area contributed by atoms with Crippen LogP contribution in [0.1, 0.15) is 27.7 Å². The zero-order valence-electron chi connectivity index (χ0n) is 10.4. The van der Waals surface area contributed by atoms with Crippen molar-refractivity contribution in [3.8, 4) is 12.1 Å². The van der Waals surface area contributed by atoms with E-state index in [1.54, 1.807) is 11.8 Å². The Morgan fingerprint density at radius 1 is 1.12 bits per heavy atom. The Labute approximate surface area is 105 Å². The summed E-state index contributed by atoms with van der Waals surface area (Å²) in [5.74, 6) is 0.712. The minimum absolute atomic E-state index is 0.171. The van der Waals surface area contributed by atoms with Gasteiger partial charge >= 0.3 is 0 Å². The average Bonchev–Trinajstić information content (AvgIpc) is 2.68. The number of Topliss-reactive ketones (excluding diaryl/α,β-unsaturated/α-hetero) is 1. The Bertz CT molecular complexity index is 511. The van der Waals surface area contributed by atoms with Crippen LogP contribution in [0.2, 0.25) is 0 Å². The van der Waals surface area contributed by atoms with Crippen LogP contribution >= 0.6 is 11.8 Å². The molecular formula is C13H14N2OS. The van der Waals surface area contributed by atoms with E-state index in [2.05, 4.69) is 12.1 Å². The summed E-state index contributed by atoms with van der Waals surface area (Å²) >= 11 is 1.57. The van der Waals surface area contributed by atoms with Crippen molar-refractivity contribution in [2.24, 2.45) is 10.8 Å². The van der Waals surface area contributed by atoms with E-state index in [1.165, 1.54) is 0 Å². The molecule has 4 heteroatoms. The number of hydrogen-bond acceptors (Lipinski definition) is 4. The first kappa shape index (κ1) is 12.2. The quantitative estimate of drug-likeness (QED) is 0.658. The molecule has 0 aromatic carbocycles. The zero-order chi connectivity index (χ0) is 13.1. The van der Waals surface area contributed by atoms with Crippen LogP contribution in [-0.2, 0) is 4.79 Å². The predicted octanol–water partition coefficient (Wildman–Crippen LogP) is 2.45. The van der Waals surface area contributed by atoms with E-state index in [9.17, 15) is 10.1 Å². The molecule has 0 aromatic heterocycles. The maximum absolute atomic E-state index is 12.2. The van der Waals surface area contributed by atoms with Gasteiger partial charge in [0.25, 0.3) is 0 Å². The lowest BCUT2D eigenvalue weighted by atomic mass is 9.44. The summed E-state index contributed by atoms with van der Waals surface area (Å²) < 4.78 is -0.517. The van der Waals surface area contributed by atoms with Gasteiger partial charge in [-0.15, -0.1) is 11.8 Å². The number of ketones is 1. The maximum atomic E-state index is 12.2. The summed E-state index contributed by atoms with van der Waals surface area (Å²) in [6.07, 6.45) is 0. The average molecular weight is 246 g/mol. The molecule has 1 aliphatic carbocycles. The summed E-state index contributed by atoms with van der Waals surface area (Å²) in [6.45, 7) is 7.52. The third kappa shape index (κ3) is 1.01. The number of carbonyl (C=O) groups excluding carboxylic acids is 1. The van der Waals surface area contributed by atoms with Gasteiger partial charge in [-0.2, -0.15) is 10.5 Å². The molecule has 0 saturated heterocycles. The second kappa shape index (κ2) is 3.15. The Hall–Kier alpha value is -1.26. The molecule has 1 aliphatic heterocycles. The molecular weight excluding hydrogens is 232 g/mol. The number of nitriles is 2. The Morgan fingerprint density at radius 3 is 2.06 bits per heavy atom. The van der Waals surface area contributed by atoms with E-state index in [0.717, 1.165) is 0 Å². The lowest BCUT2D eigenvalue weighted by Crippen LogP contribution is -2.72. The SMILES string of the molecule is CC1(C)C(=O)C(C)(C)C12SCC(C#N)=C2C#N. The van der Waals surface area contributed by atoms with Crippen molar-refractivity contribution < 1.29 is 4.79 Å². The first-order chi connectivity index (χ1) is 7.77. The number of carbonyl (C=O) groups is 1. The first-order valence-electron chi connectivity index (χ1n) is 5.50. The van der Waals surface area contributed by atoms with Crippen molar-refractivity contribution in [1.29, 1.82) is 10.5 Å². The van der Waals surface area contributed by atoms with Gasteiger partial charge in [0.2, 0.25) is 0 Å². The summed E-state index contributed by atoms with van der Waals surface area (Å²) in [5.41, 5.74) is -0.0823. The smallest absolute Gasteiger partial charge is 0.147 e. The van der Waals surface area contributed by atoms with Crippen LogP contribution in [0.15, 0.2) is 11.1 Å². The molecule has 1 saturated carbocycles. The van der Waals surface area contributed by atoms with Crippen molar-refractivity contribution in [2.45, 2.75) is 32.4 Å². The summed E-state index contributed by atoms with van der Waals surface area (Å²) in [6, 6.07) is 4.28. The van der Waals surface area contributed by atoms with Gasteiger partial charge in [0.15, 0.2) is 0 Å². The summed E-state index contributed by atoms with van der Waals surface area (Å²) in [7, 11) is 0. The Morgan fingerprint density at radius 2 is 1.65 bits per heavy atom. The van der Waals surface area contributed by atoms with E-state index < -0.39 is 15.6 Å². The van der Waals surface area contributed by atoms with Gasteiger partial charge in [0, 0.05) is 16.6 Å². The lowest BCUT2D eigenvalue weighted by Gasteiger charge is -2.63. The normalized spacial score (nSPS) is 27.5. The monoisotopic (exact) mass is 246 g/mol. The highest BCUT2D eigenvalue weighted by molar-refractivity contribution is 8.01. The summed E-state index contributed by atoms with van der Waals surface area (Å²) in [5, 5.41) is 18.4. The van der Waals surface area contributed by atoms with Crippen LogP contribution in [-0.4, -0.2) is 16.3 Å². The fourth-order valence-corrected chi connectivity index (χ4v) is 5.37. The van der Waals surface area contributed by atoms with Crippen LogP contribution in [0.3, 0.4) is 0 Å². The van der Waals surface area contributed by atoms with Crippen LogP contribution in [0, 0.1) is 33.5 Å². The lowest BCUT2D eigenvalue weighted by molar-refractivity contribution is -0.156. The van der Waals surface area contributed by atoms with Gasteiger partial charge in [-0.1, -0.05) is 27.7 Å². The van der Waals surface area contributed by atoms with E-state index in [1.807, 2.05) is 27.7 Å². The van der Waals surface area contributed by atoms with Crippen LogP contribution in [0.5, 0.6) is 0 Å². The Kier molecular flexibility index (Phi) is 2.26. The molecule has 17 heavy (non-hydrogen) atoms. The third-order valence-corrected chi connectivity index (χ3v) is 6.32. The fourth-order valence-electron chi connectivity index (χ4n) is 3.58. The van der Waals surface area contributed by atoms with E-state index in [-0.39, 0.29) is 5.78 Å². The van der Waals surface area contributed by atoms with Gasteiger partial charge in [0.05, 0.1) is 28.0 Å². The largest absolute Gasteiger partial charge is 0.298 e. The first-order valence-corrected chi connectivity index (χ1v) is 6.48. The maximum Gasteiger partial charge on any atom is 0.147 e. The second-order valence-electron chi connectivity index (χ2n) is 5.63. The van der Waals surface area contributed by atoms with Crippen molar-refractivity contribution in [3.05, 3.63) is 11.1 Å². The van der Waals surface area contributed by atoms with Gasteiger partial charge in [-0.3, -0.25) is 4.79 Å². The zero-order valence-corrected chi connectivity index (χ0v) is 11.2. The van der Waals surface area contributed by atoms with Crippen molar-refractivity contribution in [3.63, 3.8) is 0 Å². The van der Waals surface area contributed by atoms with Crippen molar-refractivity contribution >= 4 is 17.5 Å². The van der Waals surface area contributed by atoms with Crippen LogP contribution < -0.4 is 0 Å². The molecule has 0 atom stereocenters. The summed E-state index contributed by atoms with van der Waals surface area (Å²) in [4.78, 5) is 12.2. The second-order valence-corrected chi connectivity index (χ2v) is 6.82. The molecule has 0 bridgehead atoms. The van der Waals surface area contributed by atoms with E-state index >= 15 is 0 Å². The fraction of sp³-hybridized carbons (Fsp3) is 0.615. The molecule has 1 fully saturated rings. The van der Waals surface area contributed by atoms with Gasteiger partial charge in [-0.25, -0.2) is 0 Å². The van der Waals surface area contributed by atoms with Crippen molar-refractivity contribution in [1.82, 2.24) is 0 Å². The van der Waals surface area contributed by atoms with E-state index in [4.69, 9.17) is 5.26 Å². The van der Waals surface area contributed by atoms with Gasteiger partial charge in [-0.05, 0) is 0 Å². The molecule has 3 nitrogen and oxygen atoms in total. The molecule has 0 amide bonds. The Balaban J connectivity index is 2.69. The predicted molar refractivity (Wildman–Crippen MR) is 66.0 cm³/mol. The van der Waals surface area contributed by atoms with Crippen LogP contribution in [0.4, 0.5) is 0 Å². The topological polar surface area (TPSA) is 64.7 Å². The number of thioether (sulfide) groups is 1.